The molecule has 1 aromatic heterocycles. The van der Waals surface area contributed by atoms with Gasteiger partial charge in [0.25, 0.3) is 0 Å². The monoisotopic (exact) mass is 591 g/mol. The second kappa shape index (κ2) is 11.6. The molecule has 8 nitrogen and oxygen atoms in total. The molecular formula is C36H37N3O5. The highest BCUT2D eigenvalue weighted by Crippen LogP contribution is 2.52. The summed E-state index contributed by atoms with van der Waals surface area (Å²) in [7, 11) is 0. The van der Waals surface area contributed by atoms with Crippen LogP contribution in [-0.2, 0) is 32.9 Å². The Morgan fingerprint density at radius 2 is 1.34 bits per heavy atom. The fourth-order valence-electron chi connectivity index (χ4n) is 6.46. The van der Waals surface area contributed by atoms with Crippen LogP contribution in [0.5, 0.6) is 11.8 Å². The van der Waals surface area contributed by atoms with Crippen LogP contribution < -0.4 is 19.3 Å². The number of aromatic nitrogens is 1. The summed E-state index contributed by atoms with van der Waals surface area (Å²) in [4.78, 5) is 23.2. The van der Waals surface area contributed by atoms with E-state index in [9.17, 15) is 4.79 Å². The molecule has 44 heavy (non-hydrogen) atoms. The molecule has 8 heteroatoms. The summed E-state index contributed by atoms with van der Waals surface area (Å²) in [6.45, 7) is 7.57. The van der Waals surface area contributed by atoms with Crippen LogP contribution in [-0.4, -0.2) is 43.0 Å². The Labute approximate surface area is 258 Å². The van der Waals surface area contributed by atoms with E-state index in [2.05, 4.69) is 11.0 Å². The van der Waals surface area contributed by atoms with Crippen LogP contribution >= 0.6 is 0 Å². The first kappa shape index (κ1) is 28.4. The number of benzene rings is 3. The molecule has 0 atom stereocenters. The molecule has 1 spiro atoms. The Balaban J connectivity index is 1.22. The average Bonchev–Trinajstić information content (AvgIpc) is 3.59. The van der Waals surface area contributed by atoms with Gasteiger partial charge in [0.1, 0.15) is 18.9 Å². The predicted octanol–water partition coefficient (Wildman–Crippen LogP) is 6.54. The van der Waals surface area contributed by atoms with Gasteiger partial charge in [0.2, 0.25) is 17.7 Å². The fourth-order valence-corrected chi connectivity index (χ4v) is 6.46. The second-order valence-corrected chi connectivity index (χ2v) is 12.1. The fraction of sp³-hybridized carbons (Fsp3) is 0.333. The molecule has 3 aliphatic heterocycles. The highest BCUT2D eigenvalue weighted by atomic mass is 16.7. The van der Waals surface area contributed by atoms with E-state index in [1.54, 1.807) is 4.90 Å². The smallest absolute Gasteiger partial charge is 0.242 e. The van der Waals surface area contributed by atoms with Crippen LogP contribution in [0.1, 0.15) is 43.4 Å². The zero-order valence-corrected chi connectivity index (χ0v) is 25.2. The van der Waals surface area contributed by atoms with E-state index >= 15 is 0 Å². The normalized spacial score (nSPS) is 18.5. The van der Waals surface area contributed by atoms with Crippen molar-refractivity contribution in [2.75, 3.05) is 36.1 Å². The Hall–Kier alpha value is -4.40. The molecule has 226 valence electrons. The van der Waals surface area contributed by atoms with E-state index in [0.717, 1.165) is 54.0 Å². The van der Waals surface area contributed by atoms with Gasteiger partial charge in [-0.15, -0.1) is 0 Å². The first-order chi connectivity index (χ1) is 21.4. The summed E-state index contributed by atoms with van der Waals surface area (Å²) < 4.78 is 24.3. The summed E-state index contributed by atoms with van der Waals surface area (Å²) >= 11 is 0. The largest absolute Gasteiger partial charge is 0.473 e. The van der Waals surface area contributed by atoms with Gasteiger partial charge in [0.05, 0.1) is 24.3 Å². The van der Waals surface area contributed by atoms with E-state index in [-0.39, 0.29) is 5.91 Å². The van der Waals surface area contributed by atoms with Crippen molar-refractivity contribution in [2.45, 2.75) is 51.1 Å². The first-order valence-electron chi connectivity index (χ1n) is 15.3. The number of rotatable bonds is 8. The van der Waals surface area contributed by atoms with Crippen molar-refractivity contribution < 1.29 is 23.7 Å². The maximum atomic E-state index is 14.3. The van der Waals surface area contributed by atoms with Crippen LogP contribution in [0.3, 0.4) is 0 Å². The molecule has 7 rings (SSSR count). The summed E-state index contributed by atoms with van der Waals surface area (Å²) in [5.41, 5.74) is 4.79. The molecule has 0 saturated carbocycles. The lowest BCUT2D eigenvalue weighted by molar-refractivity contribution is -0.169. The summed E-state index contributed by atoms with van der Waals surface area (Å²) in [6, 6.07) is 29.7. The van der Waals surface area contributed by atoms with E-state index < -0.39 is 11.2 Å². The quantitative estimate of drug-likeness (QED) is 0.230. The lowest BCUT2D eigenvalue weighted by Crippen LogP contribution is -2.45. The predicted molar refractivity (Wildman–Crippen MR) is 168 cm³/mol. The number of anilines is 3. The Kier molecular flexibility index (Phi) is 7.48. The van der Waals surface area contributed by atoms with Gasteiger partial charge in [0, 0.05) is 43.2 Å². The van der Waals surface area contributed by atoms with Crippen molar-refractivity contribution >= 4 is 23.0 Å². The molecular weight excluding hydrogens is 554 g/mol. The van der Waals surface area contributed by atoms with Crippen LogP contribution in [0.15, 0.2) is 91.0 Å². The minimum atomic E-state index is -0.763. The lowest BCUT2D eigenvalue weighted by atomic mass is 9.84. The van der Waals surface area contributed by atoms with Crippen molar-refractivity contribution in [3.8, 4) is 11.8 Å². The average molecular weight is 592 g/mol. The number of carbonyl (C=O) groups excluding carboxylic acids is 1. The van der Waals surface area contributed by atoms with Crippen LogP contribution in [0.4, 0.5) is 17.1 Å². The Bertz CT molecular complexity index is 1630. The summed E-state index contributed by atoms with van der Waals surface area (Å²) in [5, 5.41) is 0. The number of carbonyl (C=O) groups is 1. The molecule has 0 unspecified atom stereocenters. The molecule has 3 aliphatic rings. The minimum absolute atomic E-state index is 0.0276. The zero-order chi connectivity index (χ0) is 30.1. The molecule has 0 radical (unpaired) electrons. The molecule has 0 N–H and O–H groups in total. The van der Waals surface area contributed by atoms with Crippen LogP contribution in [0.25, 0.3) is 0 Å². The maximum absolute atomic E-state index is 14.3. The summed E-state index contributed by atoms with van der Waals surface area (Å²) in [6.07, 6.45) is 1.58. The topological polar surface area (TPSA) is 73.4 Å². The van der Waals surface area contributed by atoms with Crippen molar-refractivity contribution in [3.63, 3.8) is 0 Å². The molecule has 1 amide bonds. The highest BCUT2D eigenvalue weighted by Gasteiger charge is 2.49. The standard InChI is InChI=1S/C36H37N3O5/c1-35(2)32-28(38-20-18-36(19-21-38)43-22-23-44-36)14-9-15-29(32)39(34(35)40)30-16-17-31(41-24-26-10-5-3-6-11-26)37-33(30)42-25-27-12-7-4-8-13-27/h3-17H,18-25H2,1-2H3. The molecule has 4 aromatic rings. The lowest BCUT2D eigenvalue weighted by Gasteiger charge is -2.40. The van der Waals surface area contributed by atoms with E-state index in [4.69, 9.17) is 23.9 Å². The maximum Gasteiger partial charge on any atom is 0.242 e. The van der Waals surface area contributed by atoms with Gasteiger partial charge in [-0.2, -0.15) is 4.98 Å². The Morgan fingerprint density at radius 3 is 2.00 bits per heavy atom. The number of fused-ring (bicyclic) bond motifs is 1. The molecule has 0 aliphatic carbocycles. The summed E-state index contributed by atoms with van der Waals surface area (Å²) in [5.74, 6) is 0.281. The van der Waals surface area contributed by atoms with Gasteiger partial charge in [0.15, 0.2) is 5.79 Å². The molecule has 3 aromatic carbocycles. The SMILES string of the molecule is CC1(C)C(=O)N(c2ccc(OCc3ccccc3)nc2OCc2ccccc2)c2cccc(N3CCC4(CC3)OCCO4)c21. The number of nitrogens with zero attached hydrogens (tertiary/aromatic N) is 3. The number of piperidine rings is 1. The number of hydrogen-bond acceptors (Lipinski definition) is 7. The van der Waals surface area contributed by atoms with E-state index in [1.165, 1.54) is 0 Å². The number of amides is 1. The molecule has 2 fully saturated rings. The third-order valence-corrected chi connectivity index (χ3v) is 8.81. The zero-order valence-electron chi connectivity index (χ0n) is 25.2. The van der Waals surface area contributed by atoms with Crippen LogP contribution in [0, 0.1) is 0 Å². The van der Waals surface area contributed by atoms with Crippen molar-refractivity contribution in [2.24, 2.45) is 0 Å². The molecule has 4 heterocycles. The van der Waals surface area contributed by atoms with Gasteiger partial charge in [-0.3, -0.25) is 9.69 Å². The van der Waals surface area contributed by atoms with Gasteiger partial charge in [-0.05, 0) is 43.2 Å². The van der Waals surface area contributed by atoms with Gasteiger partial charge in [-0.25, -0.2) is 0 Å². The van der Waals surface area contributed by atoms with Gasteiger partial charge >= 0.3 is 0 Å². The first-order valence-corrected chi connectivity index (χ1v) is 15.3. The third kappa shape index (κ3) is 5.29. The highest BCUT2D eigenvalue weighted by molar-refractivity contribution is 6.14. The second-order valence-electron chi connectivity index (χ2n) is 12.1. The number of hydrogen-bond donors (Lipinski definition) is 0. The van der Waals surface area contributed by atoms with Crippen LogP contribution in [0.2, 0.25) is 0 Å². The minimum Gasteiger partial charge on any atom is -0.473 e. The van der Waals surface area contributed by atoms with Crippen molar-refractivity contribution in [1.29, 1.82) is 0 Å². The van der Waals surface area contributed by atoms with Crippen molar-refractivity contribution in [1.82, 2.24) is 4.98 Å². The number of pyridine rings is 1. The van der Waals surface area contributed by atoms with Gasteiger partial charge < -0.3 is 23.8 Å². The van der Waals surface area contributed by atoms with E-state index in [0.29, 0.717) is 43.9 Å². The molecule has 2 saturated heterocycles. The van der Waals surface area contributed by atoms with Crippen molar-refractivity contribution in [3.05, 3.63) is 108 Å². The van der Waals surface area contributed by atoms with Gasteiger partial charge in [-0.1, -0.05) is 66.7 Å². The third-order valence-electron chi connectivity index (χ3n) is 8.81. The van der Waals surface area contributed by atoms with E-state index in [1.807, 2.05) is 98.8 Å². The molecule has 0 bridgehead atoms. The Morgan fingerprint density at radius 1 is 0.727 bits per heavy atom. The number of ether oxygens (including phenoxy) is 4.